The van der Waals surface area contributed by atoms with Crippen molar-refractivity contribution in [1.82, 2.24) is 24.3 Å². The monoisotopic (exact) mass is 329 g/mol. The van der Waals surface area contributed by atoms with Crippen LogP contribution in [0.15, 0.2) is 24.4 Å². The molecule has 8 heteroatoms. The lowest BCUT2D eigenvalue weighted by Gasteiger charge is -2.24. The van der Waals surface area contributed by atoms with Crippen molar-refractivity contribution < 1.29 is 0 Å². The minimum Gasteiger partial charge on any atom is -0.364 e. The molecule has 1 saturated heterocycles. The first-order valence-electron chi connectivity index (χ1n) is 7.81. The summed E-state index contributed by atoms with van der Waals surface area (Å²) < 4.78 is 6.12. The van der Waals surface area contributed by atoms with Crippen molar-refractivity contribution in [3.8, 4) is 0 Å². The number of nitrogens with zero attached hydrogens (tertiary/aromatic N) is 4. The molecule has 120 valence electrons. The third-order valence-corrected chi connectivity index (χ3v) is 4.69. The number of aromatic nitrogens is 4. The maximum absolute atomic E-state index is 4.67. The molecule has 1 aliphatic heterocycles. The van der Waals surface area contributed by atoms with Gasteiger partial charge in [0.05, 0.1) is 5.69 Å². The second-order valence-corrected chi connectivity index (χ2v) is 6.57. The first-order valence-corrected chi connectivity index (χ1v) is 8.58. The number of rotatable bonds is 4. The number of aryl methyl sites for hydroxylation is 1. The van der Waals surface area contributed by atoms with Crippen LogP contribution < -0.4 is 16.0 Å². The van der Waals surface area contributed by atoms with Gasteiger partial charge in [-0.1, -0.05) is 0 Å². The molecule has 3 aromatic rings. The summed E-state index contributed by atoms with van der Waals surface area (Å²) in [4.78, 5) is 4.67. The highest BCUT2D eigenvalue weighted by Gasteiger charge is 2.16. The fourth-order valence-corrected chi connectivity index (χ4v) is 3.45. The van der Waals surface area contributed by atoms with E-state index in [0.717, 1.165) is 41.5 Å². The van der Waals surface area contributed by atoms with Crippen LogP contribution in [0.5, 0.6) is 0 Å². The molecule has 1 fully saturated rings. The molecule has 0 spiro atoms. The summed E-state index contributed by atoms with van der Waals surface area (Å²) in [5.41, 5.74) is 1.98. The van der Waals surface area contributed by atoms with Crippen LogP contribution >= 0.6 is 11.5 Å². The largest absolute Gasteiger partial charge is 0.364 e. The molecule has 3 N–H and O–H groups in total. The fourth-order valence-electron chi connectivity index (χ4n) is 2.79. The minimum atomic E-state index is 0.399. The average Bonchev–Trinajstić information content (AvgIpc) is 3.17. The molecular weight excluding hydrogens is 310 g/mol. The lowest BCUT2D eigenvalue weighted by molar-refractivity contribution is 0.479. The van der Waals surface area contributed by atoms with Crippen LogP contribution in [0.3, 0.4) is 0 Å². The SMILES string of the molecule is Cc1cc(Nc2nc(N[C@@H]3CCCNC3)c3cccn3n2)sn1. The van der Waals surface area contributed by atoms with Gasteiger partial charge in [-0.3, -0.25) is 0 Å². The molecule has 4 heterocycles. The van der Waals surface area contributed by atoms with Crippen molar-refractivity contribution in [1.29, 1.82) is 0 Å². The first kappa shape index (κ1) is 14.4. The lowest BCUT2D eigenvalue weighted by Crippen LogP contribution is -2.38. The van der Waals surface area contributed by atoms with E-state index >= 15 is 0 Å². The summed E-state index contributed by atoms with van der Waals surface area (Å²) in [7, 11) is 0. The van der Waals surface area contributed by atoms with Crippen LogP contribution in [0.2, 0.25) is 0 Å². The van der Waals surface area contributed by atoms with E-state index in [2.05, 4.69) is 30.4 Å². The molecule has 23 heavy (non-hydrogen) atoms. The maximum atomic E-state index is 4.67. The molecule has 0 aliphatic carbocycles. The van der Waals surface area contributed by atoms with Gasteiger partial charge in [-0.2, -0.15) is 9.36 Å². The Morgan fingerprint density at radius 1 is 1.43 bits per heavy atom. The zero-order valence-corrected chi connectivity index (χ0v) is 13.7. The van der Waals surface area contributed by atoms with Gasteiger partial charge in [-0.05, 0) is 56.0 Å². The minimum absolute atomic E-state index is 0.399. The Balaban J connectivity index is 1.63. The third-order valence-electron chi connectivity index (χ3n) is 3.89. The van der Waals surface area contributed by atoms with Gasteiger partial charge in [0.15, 0.2) is 5.82 Å². The maximum Gasteiger partial charge on any atom is 0.248 e. The molecule has 0 aromatic carbocycles. The van der Waals surface area contributed by atoms with E-state index in [1.165, 1.54) is 18.0 Å². The Hall–Kier alpha value is -2.19. The van der Waals surface area contributed by atoms with Crippen molar-refractivity contribution in [3.63, 3.8) is 0 Å². The van der Waals surface area contributed by atoms with E-state index in [1.807, 2.05) is 35.8 Å². The third kappa shape index (κ3) is 3.13. The lowest BCUT2D eigenvalue weighted by atomic mass is 10.1. The quantitative estimate of drug-likeness (QED) is 0.682. The normalized spacial score (nSPS) is 18.2. The predicted molar refractivity (Wildman–Crippen MR) is 92.6 cm³/mol. The van der Waals surface area contributed by atoms with E-state index in [1.54, 1.807) is 0 Å². The van der Waals surface area contributed by atoms with Gasteiger partial charge in [0, 0.05) is 18.8 Å². The van der Waals surface area contributed by atoms with Gasteiger partial charge in [-0.15, -0.1) is 5.10 Å². The molecule has 3 aromatic heterocycles. The van der Waals surface area contributed by atoms with Crippen molar-refractivity contribution in [3.05, 3.63) is 30.1 Å². The number of nitrogens with one attached hydrogen (secondary N) is 3. The Morgan fingerprint density at radius 3 is 3.17 bits per heavy atom. The number of fused-ring (bicyclic) bond motifs is 1. The van der Waals surface area contributed by atoms with Crippen LogP contribution in [0, 0.1) is 6.92 Å². The Morgan fingerprint density at radius 2 is 2.39 bits per heavy atom. The van der Waals surface area contributed by atoms with Crippen molar-refractivity contribution in [2.45, 2.75) is 25.8 Å². The molecule has 0 unspecified atom stereocenters. The summed E-state index contributed by atoms with van der Waals surface area (Å²) >= 11 is 1.41. The van der Waals surface area contributed by atoms with Gasteiger partial charge < -0.3 is 16.0 Å². The average molecular weight is 329 g/mol. The molecule has 0 radical (unpaired) electrons. The molecule has 1 aliphatic rings. The predicted octanol–water partition coefficient (Wildman–Crippen LogP) is 2.40. The van der Waals surface area contributed by atoms with Gasteiger partial charge in [0.1, 0.15) is 10.5 Å². The molecule has 1 atom stereocenters. The van der Waals surface area contributed by atoms with Gasteiger partial charge in [-0.25, -0.2) is 4.52 Å². The summed E-state index contributed by atoms with van der Waals surface area (Å²) in [6.07, 6.45) is 4.27. The van der Waals surface area contributed by atoms with Crippen LogP contribution in [0.1, 0.15) is 18.5 Å². The topological polar surface area (TPSA) is 79.2 Å². The zero-order valence-electron chi connectivity index (χ0n) is 12.9. The molecule has 0 amide bonds. The smallest absolute Gasteiger partial charge is 0.248 e. The Kier molecular flexibility index (Phi) is 3.84. The standard InChI is InChI=1S/C15H19N7S/c1-10-8-13(23-21-10)18-15-19-14(12-5-3-7-22(12)20-15)17-11-4-2-6-16-9-11/h3,5,7-8,11,16H,2,4,6,9H2,1H3,(H2,17,18,19,20)/t11-/m1/s1. The fraction of sp³-hybridized carbons (Fsp3) is 0.400. The number of hydrogen-bond donors (Lipinski definition) is 3. The summed E-state index contributed by atoms with van der Waals surface area (Å²) in [6.45, 7) is 4.04. The van der Waals surface area contributed by atoms with Crippen LogP contribution in [0.25, 0.3) is 5.52 Å². The second-order valence-electron chi connectivity index (χ2n) is 5.77. The molecular formula is C15H19N7S. The van der Waals surface area contributed by atoms with Gasteiger partial charge in [0.2, 0.25) is 5.95 Å². The van der Waals surface area contributed by atoms with Gasteiger partial charge >= 0.3 is 0 Å². The van der Waals surface area contributed by atoms with Crippen molar-refractivity contribution in [2.75, 3.05) is 23.7 Å². The molecule has 7 nitrogen and oxygen atoms in total. The van der Waals surface area contributed by atoms with E-state index < -0.39 is 0 Å². The summed E-state index contributed by atoms with van der Waals surface area (Å²) in [6, 6.07) is 6.40. The summed E-state index contributed by atoms with van der Waals surface area (Å²) in [5.74, 6) is 1.44. The number of hydrogen-bond acceptors (Lipinski definition) is 7. The number of piperidine rings is 1. The van der Waals surface area contributed by atoms with Crippen molar-refractivity contribution >= 4 is 33.8 Å². The van der Waals surface area contributed by atoms with E-state index in [-0.39, 0.29) is 0 Å². The highest BCUT2D eigenvalue weighted by molar-refractivity contribution is 7.10. The highest BCUT2D eigenvalue weighted by Crippen LogP contribution is 2.23. The molecule has 0 saturated carbocycles. The number of anilines is 3. The van der Waals surface area contributed by atoms with E-state index in [4.69, 9.17) is 0 Å². The molecule has 0 bridgehead atoms. The second kappa shape index (κ2) is 6.13. The van der Waals surface area contributed by atoms with E-state index in [9.17, 15) is 0 Å². The van der Waals surface area contributed by atoms with E-state index in [0.29, 0.717) is 12.0 Å². The van der Waals surface area contributed by atoms with Crippen LogP contribution in [-0.2, 0) is 0 Å². The van der Waals surface area contributed by atoms with Gasteiger partial charge in [0.25, 0.3) is 0 Å². The highest BCUT2D eigenvalue weighted by atomic mass is 32.1. The zero-order chi connectivity index (χ0) is 15.6. The first-order chi connectivity index (χ1) is 11.3. The van der Waals surface area contributed by atoms with Crippen LogP contribution in [-0.4, -0.2) is 38.1 Å². The summed E-state index contributed by atoms with van der Waals surface area (Å²) in [5, 5.41) is 15.7. The van der Waals surface area contributed by atoms with Crippen LogP contribution in [0.4, 0.5) is 16.8 Å². The Labute approximate surface area is 138 Å². The Bertz CT molecular complexity index is 803. The molecule has 4 rings (SSSR count). The van der Waals surface area contributed by atoms with Crippen molar-refractivity contribution in [2.24, 2.45) is 0 Å².